The Kier molecular flexibility index (Phi) is 8.91. The first-order valence-electron chi connectivity index (χ1n) is 12.5. The number of carboxylic acid groups (broad SMARTS) is 2. The van der Waals surface area contributed by atoms with E-state index in [0.717, 1.165) is 24.0 Å². The Morgan fingerprint density at radius 2 is 1.64 bits per heavy atom. The Balaban J connectivity index is 0.000000983. The highest BCUT2D eigenvalue weighted by molar-refractivity contribution is 5.83. The van der Waals surface area contributed by atoms with Crippen LogP contribution in [0.2, 0.25) is 0 Å². The van der Waals surface area contributed by atoms with E-state index >= 15 is 0 Å². The molecule has 0 aliphatic heterocycles. The summed E-state index contributed by atoms with van der Waals surface area (Å²) in [5.41, 5.74) is -0.0844. The second-order valence-electron chi connectivity index (χ2n) is 10.6. The molecule has 0 saturated heterocycles. The summed E-state index contributed by atoms with van der Waals surface area (Å²) >= 11 is 0. The van der Waals surface area contributed by atoms with Crippen LogP contribution in [0.25, 0.3) is 11.1 Å². The second kappa shape index (κ2) is 11.6. The zero-order valence-corrected chi connectivity index (χ0v) is 21.6. The van der Waals surface area contributed by atoms with Crippen LogP contribution in [0.4, 0.5) is 22.4 Å². The normalized spacial score (nSPS) is 17.6. The van der Waals surface area contributed by atoms with E-state index in [1.54, 1.807) is 12.1 Å². The lowest BCUT2D eigenvalue weighted by Crippen LogP contribution is -2.53. The van der Waals surface area contributed by atoms with Crippen LogP contribution in [0.15, 0.2) is 48.5 Å². The maximum absolute atomic E-state index is 14.4. The summed E-state index contributed by atoms with van der Waals surface area (Å²) in [6.07, 6.45) is -3.87. The molecule has 0 bridgehead atoms. The monoisotopic (exact) mass is 549 g/mol. The van der Waals surface area contributed by atoms with Crippen molar-refractivity contribution in [1.82, 2.24) is 10.6 Å². The number of benzene rings is 2. The van der Waals surface area contributed by atoms with E-state index in [1.165, 1.54) is 31.5 Å². The van der Waals surface area contributed by atoms with E-state index in [4.69, 9.17) is 15.0 Å². The molecule has 0 heterocycles. The van der Waals surface area contributed by atoms with Gasteiger partial charge in [-0.3, -0.25) is 10.1 Å². The van der Waals surface area contributed by atoms with Gasteiger partial charge in [0.05, 0.1) is 12.1 Å². The molecule has 7 nitrogen and oxygen atoms in total. The molecular formula is C28H31F4N3O4. The SMILES string of the molecule is CC(C)(F)C[C@H](N[C@@H](c1ccc(-c2cccc(C3CC3)c2)cc1)C(F)(F)F)C(=O)NC1(C#N)CC1.O=C(O)O. The van der Waals surface area contributed by atoms with Crippen LogP contribution in [-0.2, 0) is 4.79 Å². The van der Waals surface area contributed by atoms with Crippen LogP contribution < -0.4 is 10.6 Å². The molecule has 2 saturated carbocycles. The topological polar surface area (TPSA) is 122 Å². The standard InChI is InChI=1S/C27H29F4N3O.CH2O3/c1-25(2,28)15-22(24(35)34-26(16-32)12-13-26)33-23(27(29,30)31)19-10-8-18(9-11-19)21-5-3-4-20(14-21)17-6-7-17;2-1(3)4/h3-5,8-11,14,17,22-23,33H,6-7,12-13,15H2,1-2H3,(H,34,35);(H2,2,3,4)/t22-,23-;/m0./s1. The number of nitriles is 1. The fraction of sp³-hybridized carbons (Fsp3) is 0.464. The Morgan fingerprint density at radius 1 is 1.05 bits per heavy atom. The number of halogens is 4. The number of hydrogen-bond acceptors (Lipinski definition) is 4. The van der Waals surface area contributed by atoms with Gasteiger partial charge < -0.3 is 15.5 Å². The van der Waals surface area contributed by atoms with Crippen molar-refractivity contribution < 1.29 is 37.4 Å². The van der Waals surface area contributed by atoms with Gasteiger partial charge in [0.25, 0.3) is 0 Å². The first-order chi connectivity index (χ1) is 18.1. The summed E-state index contributed by atoms with van der Waals surface area (Å²) in [5, 5.41) is 28.0. The van der Waals surface area contributed by atoms with E-state index in [2.05, 4.69) is 22.8 Å². The van der Waals surface area contributed by atoms with Crippen molar-refractivity contribution in [3.05, 3.63) is 59.7 Å². The molecule has 0 aromatic heterocycles. The molecule has 2 aliphatic carbocycles. The lowest BCUT2D eigenvalue weighted by atomic mass is 9.95. The predicted molar refractivity (Wildman–Crippen MR) is 136 cm³/mol. The fourth-order valence-corrected chi connectivity index (χ4v) is 4.26. The molecule has 1 amide bonds. The maximum atomic E-state index is 14.4. The molecule has 2 atom stereocenters. The van der Waals surface area contributed by atoms with Crippen LogP contribution in [0.5, 0.6) is 0 Å². The molecule has 2 aromatic rings. The predicted octanol–water partition coefficient (Wildman–Crippen LogP) is 6.33. The minimum Gasteiger partial charge on any atom is -0.450 e. The zero-order chi connectivity index (χ0) is 29.0. The van der Waals surface area contributed by atoms with E-state index in [-0.39, 0.29) is 5.56 Å². The van der Waals surface area contributed by atoms with Crippen molar-refractivity contribution in [2.24, 2.45) is 0 Å². The van der Waals surface area contributed by atoms with Crippen molar-refractivity contribution >= 4 is 12.1 Å². The Morgan fingerprint density at radius 3 is 2.10 bits per heavy atom. The minimum atomic E-state index is -4.72. The van der Waals surface area contributed by atoms with Crippen molar-refractivity contribution in [3.8, 4) is 17.2 Å². The summed E-state index contributed by atoms with van der Waals surface area (Å²) < 4.78 is 56.8. The molecule has 0 spiro atoms. The molecule has 39 heavy (non-hydrogen) atoms. The Hall–Kier alpha value is -3.65. The highest BCUT2D eigenvalue weighted by Gasteiger charge is 2.48. The molecule has 2 fully saturated rings. The summed E-state index contributed by atoms with van der Waals surface area (Å²) in [6.45, 7) is 2.42. The van der Waals surface area contributed by atoms with Gasteiger partial charge in [-0.25, -0.2) is 9.18 Å². The maximum Gasteiger partial charge on any atom is 0.503 e. The number of hydrogen-bond donors (Lipinski definition) is 4. The van der Waals surface area contributed by atoms with Gasteiger partial charge in [0.15, 0.2) is 0 Å². The number of carbonyl (C=O) groups excluding carboxylic acids is 1. The van der Waals surface area contributed by atoms with Gasteiger partial charge in [-0.2, -0.15) is 18.4 Å². The van der Waals surface area contributed by atoms with Gasteiger partial charge in [0.1, 0.15) is 17.2 Å². The van der Waals surface area contributed by atoms with E-state index < -0.39 is 48.0 Å². The lowest BCUT2D eigenvalue weighted by Gasteiger charge is -2.30. The van der Waals surface area contributed by atoms with E-state index in [0.29, 0.717) is 18.8 Å². The molecule has 2 aromatic carbocycles. The number of nitrogens with zero attached hydrogens (tertiary/aromatic N) is 1. The Labute approximate surface area is 223 Å². The molecular weight excluding hydrogens is 518 g/mol. The molecule has 4 rings (SSSR count). The number of rotatable bonds is 9. The number of amides is 1. The molecule has 0 radical (unpaired) electrons. The van der Waals surface area contributed by atoms with Gasteiger partial charge in [-0.1, -0.05) is 48.5 Å². The Bertz CT molecular complexity index is 1210. The van der Waals surface area contributed by atoms with Crippen molar-refractivity contribution in [2.75, 3.05) is 0 Å². The zero-order valence-electron chi connectivity index (χ0n) is 21.6. The van der Waals surface area contributed by atoms with Crippen LogP contribution in [0, 0.1) is 11.3 Å². The van der Waals surface area contributed by atoms with Crippen LogP contribution in [0.3, 0.4) is 0 Å². The molecule has 0 unspecified atom stereocenters. The smallest absolute Gasteiger partial charge is 0.450 e. The second-order valence-corrected chi connectivity index (χ2v) is 10.6. The van der Waals surface area contributed by atoms with Gasteiger partial charge in [0.2, 0.25) is 5.91 Å². The molecule has 210 valence electrons. The molecule has 11 heteroatoms. The highest BCUT2D eigenvalue weighted by atomic mass is 19.4. The quantitative estimate of drug-likeness (QED) is 0.271. The van der Waals surface area contributed by atoms with Crippen molar-refractivity contribution in [2.45, 2.75) is 81.3 Å². The average molecular weight is 550 g/mol. The molecule has 4 N–H and O–H groups in total. The lowest BCUT2D eigenvalue weighted by molar-refractivity contribution is -0.161. The van der Waals surface area contributed by atoms with E-state index in [1.807, 2.05) is 18.2 Å². The fourth-order valence-electron chi connectivity index (χ4n) is 4.26. The summed E-state index contributed by atoms with van der Waals surface area (Å²) in [7, 11) is 0. The van der Waals surface area contributed by atoms with Crippen molar-refractivity contribution in [1.29, 1.82) is 5.26 Å². The third-order valence-electron chi connectivity index (χ3n) is 6.54. The van der Waals surface area contributed by atoms with E-state index in [9.17, 15) is 27.6 Å². The number of carbonyl (C=O) groups is 2. The summed E-state index contributed by atoms with van der Waals surface area (Å²) in [5.74, 6) is -0.246. The summed E-state index contributed by atoms with van der Waals surface area (Å²) in [4.78, 5) is 21.4. The average Bonchev–Trinajstić information content (AvgIpc) is 3.76. The van der Waals surface area contributed by atoms with Gasteiger partial charge in [0, 0.05) is 6.42 Å². The van der Waals surface area contributed by atoms with Crippen LogP contribution in [0.1, 0.15) is 69.0 Å². The highest BCUT2D eigenvalue weighted by Crippen LogP contribution is 2.41. The molecule has 2 aliphatic rings. The number of nitrogens with one attached hydrogen (secondary N) is 2. The van der Waals surface area contributed by atoms with Gasteiger partial charge >= 0.3 is 12.3 Å². The van der Waals surface area contributed by atoms with Gasteiger partial charge in [-0.05, 0) is 67.7 Å². The van der Waals surface area contributed by atoms with Crippen molar-refractivity contribution in [3.63, 3.8) is 0 Å². The third-order valence-corrected chi connectivity index (χ3v) is 6.54. The van der Waals surface area contributed by atoms with Crippen LogP contribution in [-0.4, -0.2) is 45.7 Å². The first kappa shape index (κ1) is 29.9. The van der Waals surface area contributed by atoms with Crippen LogP contribution >= 0.6 is 0 Å². The largest absolute Gasteiger partial charge is 0.503 e. The summed E-state index contributed by atoms with van der Waals surface area (Å²) in [6, 6.07) is 12.4. The number of alkyl halides is 4. The minimum absolute atomic E-state index is 0.0736. The van der Waals surface area contributed by atoms with Gasteiger partial charge in [-0.15, -0.1) is 0 Å². The third kappa shape index (κ3) is 8.96. The first-order valence-corrected chi connectivity index (χ1v) is 12.5.